The predicted molar refractivity (Wildman–Crippen MR) is 67.8 cm³/mol. The molecule has 0 atom stereocenters. The van der Waals surface area contributed by atoms with Gasteiger partial charge in [0.05, 0.1) is 0 Å². The van der Waals surface area contributed by atoms with Crippen molar-refractivity contribution in [3.63, 3.8) is 0 Å². The predicted octanol–water partition coefficient (Wildman–Crippen LogP) is 3.48. The Labute approximate surface area is 93.2 Å². The third kappa shape index (κ3) is 3.88. The second-order valence-corrected chi connectivity index (χ2v) is 3.86. The number of benzene rings is 1. The standard InChI is InChI=1S/C14H21N/c1-4-14(5-2)15-11-12(3)13-9-7-6-8-10-13/h6-10,14-15H,3-5,11H2,1-2H3. The Kier molecular flexibility index (Phi) is 5.13. The van der Waals surface area contributed by atoms with Crippen LogP contribution in [0.2, 0.25) is 0 Å². The molecule has 0 unspecified atom stereocenters. The molecule has 1 rings (SSSR count). The van der Waals surface area contributed by atoms with Crippen LogP contribution < -0.4 is 5.32 Å². The van der Waals surface area contributed by atoms with E-state index in [1.807, 2.05) is 6.07 Å². The van der Waals surface area contributed by atoms with E-state index in [2.05, 4.69) is 50.0 Å². The van der Waals surface area contributed by atoms with E-state index in [4.69, 9.17) is 0 Å². The average Bonchev–Trinajstić information content (AvgIpc) is 2.31. The molecule has 15 heavy (non-hydrogen) atoms. The number of rotatable bonds is 6. The van der Waals surface area contributed by atoms with Crippen molar-refractivity contribution in [2.24, 2.45) is 0 Å². The zero-order chi connectivity index (χ0) is 11.1. The summed E-state index contributed by atoms with van der Waals surface area (Å²) in [7, 11) is 0. The van der Waals surface area contributed by atoms with E-state index in [9.17, 15) is 0 Å². The SMILES string of the molecule is C=C(CNC(CC)CC)c1ccccc1. The van der Waals surface area contributed by atoms with Gasteiger partial charge in [0.15, 0.2) is 0 Å². The Hall–Kier alpha value is -1.08. The molecule has 0 aliphatic carbocycles. The molecule has 0 aromatic heterocycles. The molecule has 1 N–H and O–H groups in total. The first-order valence-corrected chi connectivity index (χ1v) is 5.74. The topological polar surface area (TPSA) is 12.0 Å². The van der Waals surface area contributed by atoms with Crippen LogP contribution in [-0.4, -0.2) is 12.6 Å². The fraction of sp³-hybridized carbons (Fsp3) is 0.429. The van der Waals surface area contributed by atoms with Crippen molar-refractivity contribution in [3.05, 3.63) is 42.5 Å². The quantitative estimate of drug-likeness (QED) is 0.746. The minimum absolute atomic E-state index is 0.616. The lowest BCUT2D eigenvalue weighted by atomic mass is 10.1. The summed E-state index contributed by atoms with van der Waals surface area (Å²) in [5.74, 6) is 0. The van der Waals surface area contributed by atoms with Gasteiger partial charge in [-0.05, 0) is 24.0 Å². The summed E-state index contributed by atoms with van der Waals surface area (Å²) >= 11 is 0. The molecule has 1 aromatic rings. The van der Waals surface area contributed by atoms with Gasteiger partial charge in [0, 0.05) is 12.6 Å². The zero-order valence-electron chi connectivity index (χ0n) is 9.79. The first-order chi connectivity index (χ1) is 7.27. The molecule has 0 amide bonds. The van der Waals surface area contributed by atoms with Crippen LogP contribution in [0, 0.1) is 0 Å². The first-order valence-electron chi connectivity index (χ1n) is 5.74. The van der Waals surface area contributed by atoms with Gasteiger partial charge in [-0.3, -0.25) is 0 Å². The normalized spacial score (nSPS) is 10.6. The minimum Gasteiger partial charge on any atom is -0.310 e. The first kappa shape index (κ1) is 12.0. The summed E-state index contributed by atoms with van der Waals surface area (Å²) in [5.41, 5.74) is 2.40. The van der Waals surface area contributed by atoms with Crippen molar-refractivity contribution in [2.75, 3.05) is 6.54 Å². The molecule has 0 heterocycles. The summed E-state index contributed by atoms with van der Waals surface area (Å²) in [6, 6.07) is 11.0. The van der Waals surface area contributed by atoms with Gasteiger partial charge in [-0.25, -0.2) is 0 Å². The van der Waals surface area contributed by atoms with Crippen molar-refractivity contribution in [2.45, 2.75) is 32.7 Å². The Morgan fingerprint density at radius 2 is 1.80 bits per heavy atom. The lowest BCUT2D eigenvalue weighted by Gasteiger charge is -2.15. The fourth-order valence-corrected chi connectivity index (χ4v) is 1.62. The molecule has 0 spiro atoms. The van der Waals surface area contributed by atoms with Crippen molar-refractivity contribution >= 4 is 5.57 Å². The highest BCUT2D eigenvalue weighted by molar-refractivity contribution is 5.64. The molecule has 0 radical (unpaired) electrons. The Bertz CT molecular complexity index is 285. The van der Waals surface area contributed by atoms with E-state index in [-0.39, 0.29) is 0 Å². The molecular formula is C14H21N. The molecule has 1 heteroatoms. The summed E-state index contributed by atoms with van der Waals surface area (Å²) in [5, 5.41) is 3.52. The maximum atomic E-state index is 4.10. The second-order valence-electron chi connectivity index (χ2n) is 3.86. The number of nitrogens with one attached hydrogen (secondary N) is 1. The average molecular weight is 203 g/mol. The highest BCUT2D eigenvalue weighted by atomic mass is 14.9. The van der Waals surface area contributed by atoms with Crippen molar-refractivity contribution in [1.82, 2.24) is 5.32 Å². The molecule has 0 saturated heterocycles. The van der Waals surface area contributed by atoms with Crippen LogP contribution in [0.1, 0.15) is 32.3 Å². The van der Waals surface area contributed by atoms with E-state index >= 15 is 0 Å². The fourth-order valence-electron chi connectivity index (χ4n) is 1.62. The Morgan fingerprint density at radius 1 is 1.20 bits per heavy atom. The Morgan fingerprint density at radius 3 is 2.33 bits per heavy atom. The molecule has 0 bridgehead atoms. The van der Waals surface area contributed by atoms with Gasteiger partial charge in [-0.1, -0.05) is 50.8 Å². The summed E-state index contributed by atoms with van der Waals surface area (Å²) < 4.78 is 0. The minimum atomic E-state index is 0.616. The van der Waals surface area contributed by atoms with Crippen molar-refractivity contribution < 1.29 is 0 Å². The van der Waals surface area contributed by atoms with Crippen LogP contribution in [0.5, 0.6) is 0 Å². The van der Waals surface area contributed by atoms with Gasteiger partial charge in [0.25, 0.3) is 0 Å². The summed E-state index contributed by atoms with van der Waals surface area (Å²) in [4.78, 5) is 0. The molecule has 82 valence electrons. The van der Waals surface area contributed by atoms with E-state index in [0.29, 0.717) is 6.04 Å². The molecule has 0 fully saturated rings. The second kappa shape index (κ2) is 6.41. The van der Waals surface area contributed by atoms with Gasteiger partial charge in [-0.2, -0.15) is 0 Å². The van der Waals surface area contributed by atoms with Gasteiger partial charge in [-0.15, -0.1) is 0 Å². The monoisotopic (exact) mass is 203 g/mol. The smallest absolute Gasteiger partial charge is 0.0208 e. The maximum Gasteiger partial charge on any atom is 0.0208 e. The van der Waals surface area contributed by atoms with Crippen molar-refractivity contribution in [1.29, 1.82) is 0 Å². The van der Waals surface area contributed by atoms with E-state index in [1.165, 1.54) is 24.0 Å². The van der Waals surface area contributed by atoms with Crippen LogP contribution in [0.3, 0.4) is 0 Å². The maximum absolute atomic E-state index is 4.10. The highest BCUT2D eigenvalue weighted by Crippen LogP contribution is 2.10. The van der Waals surface area contributed by atoms with Gasteiger partial charge < -0.3 is 5.32 Å². The molecule has 1 aromatic carbocycles. The van der Waals surface area contributed by atoms with Gasteiger partial charge in [0.2, 0.25) is 0 Å². The van der Waals surface area contributed by atoms with Crippen molar-refractivity contribution in [3.8, 4) is 0 Å². The van der Waals surface area contributed by atoms with Gasteiger partial charge >= 0.3 is 0 Å². The van der Waals surface area contributed by atoms with E-state index in [0.717, 1.165) is 6.54 Å². The lowest BCUT2D eigenvalue weighted by molar-refractivity contribution is 0.513. The third-order valence-corrected chi connectivity index (χ3v) is 2.77. The zero-order valence-corrected chi connectivity index (χ0v) is 9.79. The van der Waals surface area contributed by atoms with E-state index in [1.54, 1.807) is 0 Å². The lowest BCUT2D eigenvalue weighted by Crippen LogP contribution is -2.28. The van der Waals surface area contributed by atoms with Crippen LogP contribution in [0.15, 0.2) is 36.9 Å². The van der Waals surface area contributed by atoms with Gasteiger partial charge in [0.1, 0.15) is 0 Å². The molecule has 0 aliphatic heterocycles. The van der Waals surface area contributed by atoms with E-state index < -0.39 is 0 Å². The molecule has 0 aliphatic rings. The summed E-state index contributed by atoms with van der Waals surface area (Å²) in [6.07, 6.45) is 2.36. The molecule has 1 nitrogen and oxygen atoms in total. The Balaban J connectivity index is 2.43. The summed E-state index contributed by atoms with van der Waals surface area (Å²) in [6.45, 7) is 9.42. The number of hydrogen-bond acceptors (Lipinski definition) is 1. The van der Waals surface area contributed by atoms with Crippen LogP contribution in [-0.2, 0) is 0 Å². The highest BCUT2D eigenvalue weighted by Gasteiger charge is 2.03. The number of hydrogen-bond donors (Lipinski definition) is 1. The molecular weight excluding hydrogens is 182 g/mol. The molecule has 0 saturated carbocycles. The third-order valence-electron chi connectivity index (χ3n) is 2.77. The largest absolute Gasteiger partial charge is 0.310 e. The van der Waals surface area contributed by atoms with Crippen LogP contribution in [0.25, 0.3) is 5.57 Å². The van der Waals surface area contributed by atoms with Crippen LogP contribution >= 0.6 is 0 Å². The van der Waals surface area contributed by atoms with Crippen LogP contribution in [0.4, 0.5) is 0 Å².